The van der Waals surface area contributed by atoms with Gasteiger partial charge in [0.2, 0.25) is 5.91 Å². The van der Waals surface area contributed by atoms with Crippen LogP contribution in [-0.4, -0.2) is 58.6 Å². The van der Waals surface area contributed by atoms with Crippen LogP contribution in [-0.2, 0) is 4.79 Å². The van der Waals surface area contributed by atoms with Crippen molar-refractivity contribution in [1.29, 1.82) is 0 Å². The molecule has 2 aliphatic heterocycles. The summed E-state index contributed by atoms with van der Waals surface area (Å²) < 4.78 is 0. The van der Waals surface area contributed by atoms with Gasteiger partial charge in [0, 0.05) is 37.2 Å². The summed E-state index contributed by atoms with van der Waals surface area (Å²) in [4.78, 5) is 36.0. The molecule has 2 amide bonds. The molecule has 0 bridgehead atoms. The van der Waals surface area contributed by atoms with Crippen molar-refractivity contribution in [3.63, 3.8) is 0 Å². The van der Waals surface area contributed by atoms with Gasteiger partial charge in [-0.15, -0.1) is 0 Å². The molecular formula is C29H36N4O3. The lowest BCUT2D eigenvalue weighted by molar-refractivity contribution is -0.139. The lowest BCUT2D eigenvalue weighted by atomic mass is 9.78. The summed E-state index contributed by atoms with van der Waals surface area (Å²) in [6, 6.07) is 13.6. The van der Waals surface area contributed by atoms with Crippen LogP contribution >= 0.6 is 0 Å². The molecule has 3 heterocycles. The first-order valence-electron chi connectivity index (χ1n) is 13.6. The summed E-state index contributed by atoms with van der Waals surface area (Å²) in [5, 5.41) is 13.0. The number of likely N-dealkylation sites (tertiary alicyclic amines) is 1. The van der Waals surface area contributed by atoms with Gasteiger partial charge in [0.05, 0.1) is 22.9 Å². The van der Waals surface area contributed by atoms with E-state index in [1.807, 2.05) is 42.5 Å². The molecule has 2 saturated carbocycles. The van der Waals surface area contributed by atoms with Crippen molar-refractivity contribution in [3.05, 3.63) is 53.7 Å². The van der Waals surface area contributed by atoms with Gasteiger partial charge in [0.1, 0.15) is 5.82 Å². The highest BCUT2D eigenvalue weighted by Gasteiger charge is 2.51. The van der Waals surface area contributed by atoms with Crippen LogP contribution < -0.4 is 10.2 Å². The van der Waals surface area contributed by atoms with E-state index in [-0.39, 0.29) is 23.5 Å². The Morgan fingerprint density at radius 1 is 0.972 bits per heavy atom. The zero-order chi connectivity index (χ0) is 24.7. The van der Waals surface area contributed by atoms with Crippen LogP contribution in [0.25, 0.3) is 0 Å². The second kappa shape index (κ2) is 9.51. The summed E-state index contributed by atoms with van der Waals surface area (Å²) >= 11 is 0. The van der Waals surface area contributed by atoms with Crippen molar-refractivity contribution in [1.82, 2.24) is 9.88 Å². The molecule has 1 aromatic heterocycles. The van der Waals surface area contributed by atoms with Crippen molar-refractivity contribution in [2.75, 3.05) is 29.9 Å². The average Bonchev–Trinajstić information content (AvgIpc) is 3.71. The van der Waals surface area contributed by atoms with Crippen molar-refractivity contribution in [2.45, 2.75) is 75.9 Å². The third kappa shape index (κ3) is 4.49. The number of carbonyl (C=O) groups is 2. The first-order valence-corrected chi connectivity index (χ1v) is 13.6. The summed E-state index contributed by atoms with van der Waals surface area (Å²) in [6.07, 6.45) is 8.24. The predicted molar refractivity (Wildman–Crippen MR) is 139 cm³/mol. The second-order valence-electron chi connectivity index (χ2n) is 11.2. The normalized spacial score (nSPS) is 28.5. The van der Waals surface area contributed by atoms with Gasteiger partial charge in [-0.3, -0.25) is 9.59 Å². The fourth-order valence-electron chi connectivity index (χ4n) is 6.47. The van der Waals surface area contributed by atoms with Crippen LogP contribution in [0.5, 0.6) is 0 Å². The number of hydrogen-bond donors (Lipinski definition) is 2. The molecule has 190 valence electrons. The topological polar surface area (TPSA) is 85.8 Å². The fourth-order valence-corrected chi connectivity index (χ4v) is 6.47. The molecule has 2 aliphatic carbocycles. The van der Waals surface area contributed by atoms with Gasteiger partial charge in [0.15, 0.2) is 0 Å². The number of aliphatic hydroxyl groups is 1. The van der Waals surface area contributed by atoms with E-state index < -0.39 is 0 Å². The third-order valence-electron chi connectivity index (χ3n) is 8.71. The maximum Gasteiger partial charge on any atom is 0.255 e. The number of aromatic nitrogens is 1. The second-order valence-corrected chi connectivity index (χ2v) is 11.2. The monoisotopic (exact) mass is 488 g/mol. The summed E-state index contributed by atoms with van der Waals surface area (Å²) in [7, 11) is 0. The van der Waals surface area contributed by atoms with Crippen LogP contribution in [0.1, 0.15) is 79.8 Å². The van der Waals surface area contributed by atoms with E-state index in [1.165, 1.54) is 0 Å². The Labute approximate surface area is 212 Å². The summed E-state index contributed by atoms with van der Waals surface area (Å²) in [5.41, 5.74) is 2.08. The van der Waals surface area contributed by atoms with E-state index >= 15 is 0 Å². The highest BCUT2D eigenvalue weighted by atomic mass is 16.3. The molecule has 2 aromatic rings. The molecule has 1 spiro atoms. The fraction of sp³-hybridized carbons (Fsp3) is 0.552. The van der Waals surface area contributed by atoms with E-state index in [2.05, 4.69) is 15.1 Å². The molecule has 7 heteroatoms. The smallest absolute Gasteiger partial charge is 0.255 e. The van der Waals surface area contributed by atoms with Gasteiger partial charge in [0.25, 0.3) is 5.91 Å². The number of hydrogen-bond acceptors (Lipinski definition) is 5. The molecule has 7 nitrogen and oxygen atoms in total. The highest BCUT2D eigenvalue weighted by Crippen LogP contribution is 2.45. The lowest BCUT2D eigenvalue weighted by Crippen LogP contribution is -2.50. The van der Waals surface area contributed by atoms with Crippen LogP contribution in [0.4, 0.5) is 11.5 Å². The molecule has 0 radical (unpaired) electrons. The Kier molecular flexibility index (Phi) is 6.20. The lowest BCUT2D eigenvalue weighted by Gasteiger charge is -2.41. The van der Waals surface area contributed by atoms with Crippen molar-refractivity contribution >= 4 is 23.3 Å². The quantitative estimate of drug-likeness (QED) is 0.654. The number of amides is 2. The summed E-state index contributed by atoms with van der Waals surface area (Å²) in [5.74, 6) is 1.50. The van der Waals surface area contributed by atoms with Gasteiger partial charge in [-0.2, -0.15) is 0 Å². The molecule has 4 fully saturated rings. The van der Waals surface area contributed by atoms with Crippen molar-refractivity contribution < 1.29 is 14.7 Å². The highest BCUT2D eigenvalue weighted by molar-refractivity contribution is 6.04. The maximum atomic E-state index is 13.7. The third-order valence-corrected chi connectivity index (χ3v) is 8.71. The average molecular weight is 489 g/mol. The summed E-state index contributed by atoms with van der Waals surface area (Å²) in [6.45, 7) is 2.45. The molecule has 4 aliphatic rings. The number of anilines is 2. The number of piperidine rings is 1. The van der Waals surface area contributed by atoms with E-state index in [1.54, 1.807) is 0 Å². The Hall–Kier alpha value is -2.93. The van der Waals surface area contributed by atoms with Gasteiger partial charge in [-0.05, 0) is 82.1 Å². The van der Waals surface area contributed by atoms with Crippen LogP contribution in [0.3, 0.4) is 0 Å². The molecular weight excluding hydrogens is 452 g/mol. The van der Waals surface area contributed by atoms with Gasteiger partial charge < -0.3 is 20.2 Å². The van der Waals surface area contributed by atoms with E-state index in [4.69, 9.17) is 4.98 Å². The van der Waals surface area contributed by atoms with E-state index in [9.17, 15) is 14.7 Å². The zero-order valence-electron chi connectivity index (χ0n) is 20.9. The number of nitrogens with zero attached hydrogens (tertiary/aromatic N) is 3. The number of aliphatic hydroxyl groups excluding tert-OH is 1. The van der Waals surface area contributed by atoms with Crippen LogP contribution in [0.15, 0.2) is 42.5 Å². The molecule has 6 rings (SSSR count). The van der Waals surface area contributed by atoms with Gasteiger partial charge >= 0.3 is 0 Å². The Balaban J connectivity index is 1.19. The van der Waals surface area contributed by atoms with Crippen LogP contribution in [0, 0.1) is 5.41 Å². The number of pyridine rings is 1. The molecule has 1 aromatic carbocycles. The van der Waals surface area contributed by atoms with Crippen molar-refractivity contribution in [3.8, 4) is 0 Å². The Morgan fingerprint density at radius 2 is 1.75 bits per heavy atom. The Morgan fingerprint density at radius 3 is 2.50 bits per heavy atom. The minimum atomic E-state index is -0.323. The standard InChI is InChI=1S/C29H36N4O3/c34-23-11-9-22(10-12-23)33-18-16-29(28(33)36)15-4-17-32(19-29)25-14-13-24(26(31-25)20-7-8-20)30-27(35)21-5-2-1-3-6-21/h1-3,5-6,13-14,20,22-23,34H,4,7-12,15-19H2,(H,30,35)/t22?,23?,29-/m1/s1. The minimum absolute atomic E-state index is 0.115. The van der Waals surface area contributed by atoms with E-state index in [0.29, 0.717) is 23.9 Å². The number of benzene rings is 1. The minimum Gasteiger partial charge on any atom is -0.393 e. The van der Waals surface area contributed by atoms with E-state index in [0.717, 1.165) is 88.1 Å². The molecule has 1 atom stereocenters. The first kappa shape index (κ1) is 23.5. The number of nitrogens with one attached hydrogen (secondary N) is 1. The van der Waals surface area contributed by atoms with Gasteiger partial charge in [-0.1, -0.05) is 18.2 Å². The first-order chi connectivity index (χ1) is 17.5. The molecule has 2 saturated heterocycles. The Bertz CT molecular complexity index is 1130. The molecule has 36 heavy (non-hydrogen) atoms. The number of rotatable bonds is 5. The zero-order valence-corrected chi connectivity index (χ0v) is 20.9. The maximum absolute atomic E-state index is 13.7. The molecule has 0 unspecified atom stereocenters. The largest absolute Gasteiger partial charge is 0.393 e. The molecule has 2 N–H and O–H groups in total. The van der Waals surface area contributed by atoms with Gasteiger partial charge in [-0.25, -0.2) is 4.98 Å². The van der Waals surface area contributed by atoms with Crippen LogP contribution in [0.2, 0.25) is 0 Å². The number of carbonyl (C=O) groups excluding carboxylic acids is 2. The predicted octanol–water partition coefficient (Wildman–Crippen LogP) is 4.33. The SMILES string of the molecule is O=C(Nc1ccc(N2CCC[C@@]3(CCN(C4CCC(O)CC4)C3=O)C2)nc1C1CC1)c1ccccc1. The van der Waals surface area contributed by atoms with Crippen molar-refractivity contribution in [2.24, 2.45) is 5.41 Å².